The number of nitrogens with zero attached hydrogens (tertiary/aromatic N) is 3. The second-order valence-electron chi connectivity index (χ2n) is 6.24. The number of ether oxygens (including phenoxy) is 1. The van der Waals surface area contributed by atoms with Gasteiger partial charge in [-0.25, -0.2) is 9.50 Å². The van der Waals surface area contributed by atoms with Gasteiger partial charge in [-0.1, -0.05) is 18.2 Å². The first-order valence-corrected chi connectivity index (χ1v) is 8.41. The predicted octanol–water partition coefficient (Wildman–Crippen LogP) is 0.136. The van der Waals surface area contributed by atoms with Gasteiger partial charge in [-0.3, -0.25) is 4.79 Å². The maximum atomic E-state index is 12.4. The lowest BCUT2D eigenvalue weighted by Gasteiger charge is -2.14. The standard InChI is InChI=1S/C18H18N4O5/c23-8-13-14(24)15(25)16(27-13)11-6-7-12-17(19-9-20-22(11)12)21-18(26)10-4-2-1-3-5-10/h1-7,9,13-16,23-25H,8H2,(H,19,20,21,26)/t13-,14-,15-,16+/m1/s1. The van der Waals surface area contributed by atoms with Gasteiger partial charge in [-0.05, 0) is 24.3 Å². The van der Waals surface area contributed by atoms with Crippen molar-refractivity contribution in [3.05, 3.63) is 60.0 Å². The summed E-state index contributed by atoms with van der Waals surface area (Å²) in [5.41, 5.74) is 1.48. The third-order valence-corrected chi connectivity index (χ3v) is 4.58. The highest BCUT2D eigenvalue weighted by atomic mass is 16.6. The Kier molecular flexibility index (Phi) is 4.58. The monoisotopic (exact) mass is 370 g/mol. The third kappa shape index (κ3) is 3.06. The Morgan fingerprint density at radius 3 is 2.63 bits per heavy atom. The molecule has 1 amide bonds. The maximum Gasteiger partial charge on any atom is 0.256 e. The van der Waals surface area contributed by atoms with Gasteiger partial charge in [-0.2, -0.15) is 5.10 Å². The first kappa shape index (κ1) is 17.6. The number of carbonyl (C=O) groups excluding carboxylic acids is 1. The summed E-state index contributed by atoms with van der Waals surface area (Å²) in [6.07, 6.45) is -2.89. The van der Waals surface area contributed by atoms with Crippen LogP contribution in [0.1, 0.15) is 22.2 Å². The molecule has 1 saturated heterocycles. The molecule has 140 valence electrons. The van der Waals surface area contributed by atoms with E-state index in [1.165, 1.54) is 10.8 Å². The molecule has 0 saturated carbocycles. The lowest BCUT2D eigenvalue weighted by Crippen LogP contribution is -2.32. The quantitative estimate of drug-likeness (QED) is 0.514. The normalized spacial score (nSPS) is 25.0. The van der Waals surface area contributed by atoms with Gasteiger partial charge < -0.3 is 25.4 Å². The molecular weight excluding hydrogens is 352 g/mol. The minimum Gasteiger partial charge on any atom is -0.394 e. The molecule has 0 spiro atoms. The fourth-order valence-electron chi connectivity index (χ4n) is 3.18. The molecule has 0 radical (unpaired) electrons. The van der Waals surface area contributed by atoms with E-state index in [-0.39, 0.29) is 5.91 Å². The van der Waals surface area contributed by atoms with Crippen LogP contribution < -0.4 is 5.32 Å². The minimum atomic E-state index is -1.21. The van der Waals surface area contributed by atoms with Crippen LogP contribution in [-0.2, 0) is 4.74 Å². The maximum absolute atomic E-state index is 12.4. The van der Waals surface area contributed by atoms with Crippen LogP contribution in [0, 0.1) is 0 Å². The Labute approximate surface area is 153 Å². The highest BCUT2D eigenvalue weighted by molar-refractivity contribution is 6.05. The Balaban J connectivity index is 1.65. The van der Waals surface area contributed by atoms with E-state index < -0.39 is 31.0 Å². The Morgan fingerprint density at radius 2 is 1.93 bits per heavy atom. The van der Waals surface area contributed by atoms with Crippen molar-refractivity contribution in [3.63, 3.8) is 0 Å². The molecule has 1 fully saturated rings. The second-order valence-corrected chi connectivity index (χ2v) is 6.24. The smallest absolute Gasteiger partial charge is 0.256 e. The zero-order valence-electron chi connectivity index (χ0n) is 14.1. The number of hydrogen-bond donors (Lipinski definition) is 4. The average molecular weight is 370 g/mol. The highest BCUT2D eigenvalue weighted by Gasteiger charge is 2.44. The van der Waals surface area contributed by atoms with Crippen molar-refractivity contribution in [1.29, 1.82) is 0 Å². The number of anilines is 1. The van der Waals surface area contributed by atoms with Crippen LogP contribution in [0.5, 0.6) is 0 Å². The molecule has 0 bridgehead atoms. The number of nitrogens with one attached hydrogen (secondary N) is 1. The molecule has 4 atom stereocenters. The van der Waals surface area contributed by atoms with Crippen molar-refractivity contribution in [2.45, 2.75) is 24.4 Å². The zero-order chi connectivity index (χ0) is 19.0. The lowest BCUT2D eigenvalue weighted by atomic mass is 10.1. The van der Waals surface area contributed by atoms with Gasteiger partial charge in [0.2, 0.25) is 0 Å². The van der Waals surface area contributed by atoms with Crippen molar-refractivity contribution in [2.24, 2.45) is 0 Å². The molecule has 3 heterocycles. The lowest BCUT2D eigenvalue weighted by molar-refractivity contribution is -0.0244. The Morgan fingerprint density at radius 1 is 1.15 bits per heavy atom. The molecule has 0 unspecified atom stereocenters. The van der Waals surface area contributed by atoms with Crippen LogP contribution >= 0.6 is 0 Å². The predicted molar refractivity (Wildman–Crippen MR) is 94.1 cm³/mol. The first-order valence-electron chi connectivity index (χ1n) is 8.41. The largest absolute Gasteiger partial charge is 0.394 e. The Bertz CT molecular complexity index is 961. The van der Waals surface area contributed by atoms with E-state index in [0.717, 1.165) is 0 Å². The molecule has 1 aliphatic rings. The summed E-state index contributed by atoms with van der Waals surface area (Å²) in [5, 5.41) is 36.4. The van der Waals surface area contributed by atoms with E-state index in [2.05, 4.69) is 15.4 Å². The molecule has 3 aromatic rings. The van der Waals surface area contributed by atoms with E-state index in [1.54, 1.807) is 36.4 Å². The molecule has 9 nitrogen and oxygen atoms in total. The highest BCUT2D eigenvalue weighted by Crippen LogP contribution is 2.34. The van der Waals surface area contributed by atoms with Crippen molar-refractivity contribution >= 4 is 17.2 Å². The molecule has 1 aliphatic heterocycles. The van der Waals surface area contributed by atoms with Crippen LogP contribution in [0.25, 0.3) is 5.52 Å². The number of fused-ring (bicyclic) bond motifs is 1. The average Bonchev–Trinajstić information content (AvgIpc) is 3.25. The van der Waals surface area contributed by atoms with Gasteiger partial charge >= 0.3 is 0 Å². The number of hydrogen-bond acceptors (Lipinski definition) is 7. The van der Waals surface area contributed by atoms with Crippen LogP contribution in [0.3, 0.4) is 0 Å². The Hall–Kier alpha value is -2.85. The number of aliphatic hydroxyl groups is 3. The second kappa shape index (κ2) is 7.05. The number of rotatable bonds is 4. The number of amides is 1. The van der Waals surface area contributed by atoms with E-state index in [1.807, 2.05) is 6.07 Å². The third-order valence-electron chi connectivity index (χ3n) is 4.58. The summed E-state index contributed by atoms with van der Waals surface area (Å²) in [5.74, 6) is -0.0104. The molecule has 2 aromatic heterocycles. The van der Waals surface area contributed by atoms with Gasteiger partial charge in [0.25, 0.3) is 5.91 Å². The number of carbonyl (C=O) groups is 1. The van der Waals surface area contributed by atoms with Crippen molar-refractivity contribution < 1.29 is 24.9 Å². The van der Waals surface area contributed by atoms with Gasteiger partial charge in [-0.15, -0.1) is 0 Å². The molecule has 4 rings (SSSR count). The van der Waals surface area contributed by atoms with Gasteiger partial charge in [0.15, 0.2) is 5.82 Å². The summed E-state index contributed by atoms with van der Waals surface area (Å²) >= 11 is 0. The van der Waals surface area contributed by atoms with Crippen LogP contribution in [0.2, 0.25) is 0 Å². The van der Waals surface area contributed by atoms with Gasteiger partial charge in [0.1, 0.15) is 36.3 Å². The van der Waals surface area contributed by atoms with Crippen molar-refractivity contribution in [1.82, 2.24) is 14.6 Å². The first-order chi connectivity index (χ1) is 13.1. The van der Waals surface area contributed by atoms with Crippen LogP contribution in [0.4, 0.5) is 5.82 Å². The zero-order valence-corrected chi connectivity index (χ0v) is 14.1. The molecular formula is C18H18N4O5. The van der Waals surface area contributed by atoms with Crippen LogP contribution in [-0.4, -0.2) is 60.7 Å². The van der Waals surface area contributed by atoms with Gasteiger partial charge in [0, 0.05) is 5.56 Å². The van der Waals surface area contributed by atoms with E-state index in [9.17, 15) is 20.1 Å². The molecule has 9 heteroatoms. The van der Waals surface area contributed by atoms with Gasteiger partial charge in [0.05, 0.1) is 12.3 Å². The van der Waals surface area contributed by atoms with E-state index >= 15 is 0 Å². The summed E-state index contributed by atoms with van der Waals surface area (Å²) in [6.45, 7) is -0.411. The molecule has 0 aliphatic carbocycles. The summed E-state index contributed by atoms with van der Waals surface area (Å²) in [4.78, 5) is 16.5. The fraction of sp³-hybridized carbons (Fsp3) is 0.278. The minimum absolute atomic E-state index is 0.303. The van der Waals surface area contributed by atoms with Crippen molar-refractivity contribution in [3.8, 4) is 0 Å². The summed E-state index contributed by atoms with van der Waals surface area (Å²) < 4.78 is 7.04. The molecule has 27 heavy (non-hydrogen) atoms. The SMILES string of the molecule is O=C(Nc1ncnn2c([C@@H]3O[C@H](CO)[C@@H](O)[C@H]3O)ccc12)c1ccccc1. The summed E-state index contributed by atoms with van der Waals surface area (Å²) in [7, 11) is 0. The molecule has 4 N–H and O–H groups in total. The van der Waals surface area contributed by atoms with E-state index in [0.29, 0.717) is 22.6 Å². The number of aromatic nitrogens is 3. The number of benzene rings is 1. The topological polar surface area (TPSA) is 129 Å². The van der Waals surface area contributed by atoms with Crippen molar-refractivity contribution in [2.75, 3.05) is 11.9 Å². The fourth-order valence-corrected chi connectivity index (χ4v) is 3.18. The van der Waals surface area contributed by atoms with E-state index in [4.69, 9.17) is 4.74 Å². The number of aliphatic hydroxyl groups excluding tert-OH is 3. The molecule has 1 aromatic carbocycles. The summed E-state index contributed by atoms with van der Waals surface area (Å²) in [6, 6.07) is 12.1. The van der Waals surface area contributed by atoms with Crippen LogP contribution in [0.15, 0.2) is 48.8 Å².